The van der Waals surface area contributed by atoms with Crippen molar-refractivity contribution in [3.05, 3.63) is 53.1 Å². The van der Waals surface area contributed by atoms with E-state index in [0.29, 0.717) is 6.61 Å². The number of nitrogens with zero attached hydrogens (tertiary/aromatic N) is 3. The van der Waals surface area contributed by atoms with Crippen molar-refractivity contribution in [1.29, 1.82) is 0 Å². The van der Waals surface area contributed by atoms with E-state index in [1.54, 1.807) is 6.20 Å². The third-order valence-electron chi connectivity index (χ3n) is 3.78. The fourth-order valence-corrected chi connectivity index (χ4v) is 2.65. The van der Waals surface area contributed by atoms with Crippen LogP contribution >= 0.6 is 11.6 Å². The minimum absolute atomic E-state index is 0.588. The maximum absolute atomic E-state index is 6.28. The first-order valence-corrected chi connectivity index (χ1v) is 7.84. The van der Waals surface area contributed by atoms with Crippen LogP contribution in [0.2, 0.25) is 5.02 Å². The smallest absolute Gasteiger partial charge is 0.148 e. The summed E-state index contributed by atoms with van der Waals surface area (Å²) in [5, 5.41) is 0.721. The zero-order valence-electron chi connectivity index (χ0n) is 13.7. The lowest BCUT2D eigenvalue weighted by Crippen LogP contribution is -2.32. The van der Waals surface area contributed by atoms with Gasteiger partial charge in [0.2, 0.25) is 0 Å². The molecule has 0 saturated carbocycles. The van der Waals surface area contributed by atoms with Gasteiger partial charge in [0.25, 0.3) is 0 Å². The molecule has 0 aliphatic carbocycles. The van der Waals surface area contributed by atoms with E-state index >= 15 is 0 Å². The Kier molecular flexibility index (Phi) is 5.62. The molecule has 1 heterocycles. The van der Waals surface area contributed by atoms with Gasteiger partial charge in [-0.1, -0.05) is 23.7 Å². The highest BCUT2D eigenvalue weighted by atomic mass is 35.5. The second kappa shape index (κ2) is 7.27. The SMILES string of the molecule is CN(C)CCCOC(C)(c1ccc(Cl)cc1)c1nccn1C. The predicted molar refractivity (Wildman–Crippen MR) is 90.2 cm³/mol. The second-order valence-electron chi connectivity index (χ2n) is 5.91. The van der Waals surface area contributed by atoms with Crippen LogP contribution in [0.4, 0.5) is 0 Å². The fourth-order valence-electron chi connectivity index (χ4n) is 2.53. The molecule has 0 aliphatic heterocycles. The van der Waals surface area contributed by atoms with Crippen molar-refractivity contribution in [3.8, 4) is 0 Å². The molecule has 2 rings (SSSR count). The molecular formula is C17H24ClN3O. The molecule has 5 heteroatoms. The van der Waals surface area contributed by atoms with Crippen molar-refractivity contribution in [2.75, 3.05) is 27.2 Å². The lowest BCUT2D eigenvalue weighted by Gasteiger charge is -2.30. The number of halogens is 1. The van der Waals surface area contributed by atoms with Crippen LogP contribution in [-0.4, -0.2) is 41.7 Å². The molecule has 0 N–H and O–H groups in total. The molecule has 0 radical (unpaired) electrons. The average Bonchev–Trinajstić information content (AvgIpc) is 2.91. The van der Waals surface area contributed by atoms with Crippen LogP contribution in [0.5, 0.6) is 0 Å². The second-order valence-corrected chi connectivity index (χ2v) is 6.34. The van der Waals surface area contributed by atoms with Crippen molar-refractivity contribution in [1.82, 2.24) is 14.5 Å². The zero-order chi connectivity index (χ0) is 16.2. The van der Waals surface area contributed by atoms with Gasteiger partial charge in [-0.3, -0.25) is 0 Å². The number of rotatable bonds is 7. The Balaban J connectivity index is 2.24. The normalized spacial score (nSPS) is 14.3. The summed E-state index contributed by atoms with van der Waals surface area (Å²) in [4.78, 5) is 6.65. The van der Waals surface area contributed by atoms with E-state index in [1.165, 1.54) is 0 Å². The highest BCUT2D eigenvalue weighted by molar-refractivity contribution is 6.30. The monoisotopic (exact) mass is 321 g/mol. The fraction of sp³-hybridized carbons (Fsp3) is 0.471. The Morgan fingerprint density at radius 3 is 2.50 bits per heavy atom. The number of ether oxygens (including phenoxy) is 1. The van der Waals surface area contributed by atoms with E-state index in [-0.39, 0.29) is 0 Å². The van der Waals surface area contributed by atoms with Crippen LogP contribution in [0.1, 0.15) is 24.7 Å². The minimum atomic E-state index is -0.588. The summed E-state index contributed by atoms with van der Waals surface area (Å²) in [6.07, 6.45) is 4.71. The summed E-state index contributed by atoms with van der Waals surface area (Å²) in [6.45, 7) is 3.73. The van der Waals surface area contributed by atoms with E-state index in [4.69, 9.17) is 16.3 Å². The molecule has 120 valence electrons. The van der Waals surface area contributed by atoms with E-state index in [2.05, 4.69) is 30.9 Å². The van der Waals surface area contributed by atoms with E-state index in [9.17, 15) is 0 Å². The number of aryl methyl sites for hydroxylation is 1. The van der Waals surface area contributed by atoms with Crippen LogP contribution in [0.15, 0.2) is 36.7 Å². The molecule has 0 fully saturated rings. The number of hydrogen-bond acceptors (Lipinski definition) is 3. The van der Waals surface area contributed by atoms with Gasteiger partial charge < -0.3 is 14.2 Å². The molecule has 0 spiro atoms. The van der Waals surface area contributed by atoms with Gasteiger partial charge in [0.05, 0.1) is 0 Å². The highest BCUT2D eigenvalue weighted by Crippen LogP contribution is 2.32. The quantitative estimate of drug-likeness (QED) is 0.733. The van der Waals surface area contributed by atoms with Gasteiger partial charge in [0, 0.05) is 31.1 Å². The molecule has 0 saturated heterocycles. The number of imidazole rings is 1. The first-order chi connectivity index (χ1) is 10.4. The Hall–Kier alpha value is -1.36. The predicted octanol–water partition coefficient (Wildman–Crippen LogP) is 3.31. The first kappa shape index (κ1) is 17.0. The molecule has 1 atom stereocenters. The number of aromatic nitrogens is 2. The van der Waals surface area contributed by atoms with Gasteiger partial charge in [-0.2, -0.15) is 0 Å². The largest absolute Gasteiger partial charge is 0.363 e. The third-order valence-corrected chi connectivity index (χ3v) is 4.04. The number of benzene rings is 1. The molecule has 2 aromatic rings. The van der Waals surface area contributed by atoms with E-state index < -0.39 is 5.60 Å². The van der Waals surface area contributed by atoms with Crippen LogP contribution in [-0.2, 0) is 17.4 Å². The molecule has 1 aromatic heterocycles. The van der Waals surface area contributed by atoms with Crippen LogP contribution in [0.3, 0.4) is 0 Å². The first-order valence-electron chi connectivity index (χ1n) is 7.46. The lowest BCUT2D eigenvalue weighted by atomic mass is 9.94. The van der Waals surface area contributed by atoms with Crippen molar-refractivity contribution in [3.63, 3.8) is 0 Å². The lowest BCUT2D eigenvalue weighted by molar-refractivity contribution is -0.0152. The van der Waals surface area contributed by atoms with Gasteiger partial charge in [-0.15, -0.1) is 0 Å². The molecule has 1 aromatic carbocycles. The zero-order valence-corrected chi connectivity index (χ0v) is 14.5. The summed E-state index contributed by atoms with van der Waals surface area (Å²) >= 11 is 6.01. The topological polar surface area (TPSA) is 30.3 Å². The van der Waals surface area contributed by atoms with Crippen molar-refractivity contribution >= 4 is 11.6 Å². The summed E-state index contributed by atoms with van der Waals surface area (Å²) in [6, 6.07) is 7.79. The molecule has 0 amide bonds. The molecule has 1 unspecified atom stereocenters. The van der Waals surface area contributed by atoms with Crippen LogP contribution in [0.25, 0.3) is 0 Å². The van der Waals surface area contributed by atoms with Crippen molar-refractivity contribution in [2.45, 2.75) is 18.9 Å². The van der Waals surface area contributed by atoms with E-state index in [0.717, 1.165) is 29.4 Å². The maximum atomic E-state index is 6.28. The Labute approximate surface area is 137 Å². The Bertz CT molecular complexity index is 594. The minimum Gasteiger partial charge on any atom is -0.363 e. The Morgan fingerprint density at radius 1 is 1.27 bits per heavy atom. The maximum Gasteiger partial charge on any atom is 0.148 e. The van der Waals surface area contributed by atoms with Crippen molar-refractivity contribution in [2.24, 2.45) is 7.05 Å². The molecule has 0 bridgehead atoms. The van der Waals surface area contributed by atoms with Gasteiger partial charge in [-0.25, -0.2) is 4.98 Å². The van der Waals surface area contributed by atoms with Gasteiger partial charge >= 0.3 is 0 Å². The van der Waals surface area contributed by atoms with Crippen LogP contribution in [0, 0.1) is 0 Å². The van der Waals surface area contributed by atoms with Gasteiger partial charge in [-0.05, 0) is 51.7 Å². The molecular weight excluding hydrogens is 298 g/mol. The third kappa shape index (κ3) is 3.88. The summed E-state index contributed by atoms with van der Waals surface area (Å²) in [5.41, 5.74) is 0.464. The van der Waals surface area contributed by atoms with E-state index in [1.807, 2.05) is 42.1 Å². The van der Waals surface area contributed by atoms with Crippen LogP contribution < -0.4 is 0 Å². The highest BCUT2D eigenvalue weighted by Gasteiger charge is 2.33. The molecule has 0 aliphatic rings. The molecule has 22 heavy (non-hydrogen) atoms. The summed E-state index contributed by atoms with van der Waals surface area (Å²) in [5.74, 6) is 0.889. The van der Waals surface area contributed by atoms with Gasteiger partial charge in [0.15, 0.2) is 0 Å². The number of hydrogen-bond donors (Lipinski definition) is 0. The summed E-state index contributed by atoms with van der Waals surface area (Å²) in [7, 11) is 6.12. The standard InChI is InChI=1S/C17H24ClN3O/c1-17(16-19-10-12-21(16)4,22-13-5-11-20(2)3)14-6-8-15(18)9-7-14/h6-10,12H,5,11,13H2,1-4H3. The molecule has 4 nitrogen and oxygen atoms in total. The average molecular weight is 322 g/mol. The Morgan fingerprint density at radius 2 is 1.95 bits per heavy atom. The summed E-state index contributed by atoms with van der Waals surface area (Å²) < 4.78 is 8.28. The van der Waals surface area contributed by atoms with Crippen molar-refractivity contribution < 1.29 is 4.74 Å². The van der Waals surface area contributed by atoms with Gasteiger partial charge in [0.1, 0.15) is 11.4 Å².